The van der Waals surface area contributed by atoms with E-state index in [2.05, 4.69) is 68.7 Å². The molecular formula is C25H23BrN2O3. The topological polar surface area (TPSA) is 55.5 Å². The molecule has 1 atom stereocenters. The van der Waals surface area contributed by atoms with E-state index < -0.39 is 0 Å². The molecule has 5 nitrogen and oxygen atoms in total. The Morgan fingerprint density at radius 2 is 1.65 bits per heavy atom. The van der Waals surface area contributed by atoms with Gasteiger partial charge in [-0.2, -0.15) is 0 Å². The number of hydrogen-bond acceptors (Lipinski definition) is 4. The van der Waals surface area contributed by atoms with E-state index in [1.54, 1.807) is 21.3 Å². The highest BCUT2D eigenvalue weighted by Gasteiger charge is 2.28. The number of aromatic amines is 1. The summed E-state index contributed by atoms with van der Waals surface area (Å²) in [6.07, 6.45) is 0.843. The lowest BCUT2D eigenvalue weighted by atomic mass is 9.97. The van der Waals surface area contributed by atoms with E-state index in [1.807, 2.05) is 12.1 Å². The van der Waals surface area contributed by atoms with Crippen molar-refractivity contribution in [2.24, 2.45) is 0 Å². The van der Waals surface area contributed by atoms with Crippen molar-refractivity contribution >= 4 is 32.5 Å². The van der Waals surface area contributed by atoms with Crippen LogP contribution < -0.4 is 19.5 Å². The van der Waals surface area contributed by atoms with Gasteiger partial charge in [0.15, 0.2) is 11.5 Å². The molecule has 31 heavy (non-hydrogen) atoms. The van der Waals surface area contributed by atoms with Crippen LogP contribution in [0.4, 0.5) is 5.69 Å². The number of halogens is 1. The summed E-state index contributed by atoms with van der Waals surface area (Å²) in [6, 6.07) is 18.7. The fourth-order valence-electron chi connectivity index (χ4n) is 4.43. The zero-order valence-electron chi connectivity index (χ0n) is 17.6. The van der Waals surface area contributed by atoms with Gasteiger partial charge in [-0.1, -0.05) is 34.1 Å². The van der Waals surface area contributed by atoms with Crippen molar-refractivity contribution in [1.82, 2.24) is 4.98 Å². The Kier molecular flexibility index (Phi) is 5.02. The Balaban J connectivity index is 1.77. The number of rotatable bonds is 4. The smallest absolute Gasteiger partial charge is 0.203 e. The molecule has 2 heterocycles. The van der Waals surface area contributed by atoms with Gasteiger partial charge in [-0.25, -0.2) is 0 Å². The Morgan fingerprint density at radius 1 is 0.903 bits per heavy atom. The van der Waals surface area contributed by atoms with Crippen LogP contribution in [-0.2, 0) is 6.42 Å². The zero-order valence-corrected chi connectivity index (χ0v) is 19.2. The van der Waals surface area contributed by atoms with Crippen LogP contribution in [-0.4, -0.2) is 26.3 Å². The lowest BCUT2D eigenvalue weighted by Crippen LogP contribution is -2.13. The van der Waals surface area contributed by atoms with Crippen molar-refractivity contribution in [3.05, 3.63) is 81.5 Å². The summed E-state index contributed by atoms with van der Waals surface area (Å²) >= 11 is 3.63. The van der Waals surface area contributed by atoms with Crippen molar-refractivity contribution in [3.63, 3.8) is 0 Å². The summed E-state index contributed by atoms with van der Waals surface area (Å²) in [4.78, 5) is 3.67. The molecule has 0 bridgehead atoms. The maximum Gasteiger partial charge on any atom is 0.203 e. The first-order chi connectivity index (χ1) is 15.1. The third kappa shape index (κ3) is 3.31. The van der Waals surface area contributed by atoms with Crippen LogP contribution >= 0.6 is 15.9 Å². The number of para-hydroxylation sites is 1. The predicted molar refractivity (Wildman–Crippen MR) is 127 cm³/mol. The van der Waals surface area contributed by atoms with E-state index >= 15 is 0 Å². The summed E-state index contributed by atoms with van der Waals surface area (Å²) < 4.78 is 17.8. The Bertz CT molecular complexity index is 1260. The van der Waals surface area contributed by atoms with E-state index in [-0.39, 0.29) is 6.04 Å². The maximum absolute atomic E-state index is 5.62. The molecule has 0 fully saturated rings. The number of fused-ring (bicyclic) bond motifs is 4. The Labute approximate surface area is 189 Å². The lowest BCUT2D eigenvalue weighted by molar-refractivity contribution is 0.323. The molecule has 0 aliphatic carbocycles. The second-order valence-electron chi connectivity index (χ2n) is 7.58. The summed E-state index contributed by atoms with van der Waals surface area (Å²) in [5.41, 5.74) is 6.95. The molecule has 3 aromatic carbocycles. The largest absolute Gasteiger partial charge is 0.493 e. The monoisotopic (exact) mass is 478 g/mol. The average Bonchev–Trinajstić information content (AvgIpc) is 3.05. The van der Waals surface area contributed by atoms with Gasteiger partial charge in [0.05, 0.1) is 27.4 Å². The van der Waals surface area contributed by atoms with Crippen LogP contribution in [0, 0.1) is 0 Å². The van der Waals surface area contributed by atoms with E-state index in [4.69, 9.17) is 14.2 Å². The van der Waals surface area contributed by atoms with Crippen molar-refractivity contribution in [3.8, 4) is 17.2 Å². The summed E-state index contributed by atoms with van der Waals surface area (Å²) in [7, 11) is 4.90. The highest BCUT2D eigenvalue weighted by Crippen LogP contribution is 2.44. The molecular weight excluding hydrogens is 456 g/mol. The number of benzene rings is 3. The number of aromatic nitrogens is 1. The molecule has 0 spiro atoms. The molecule has 4 aromatic rings. The first-order valence-electron chi connectivity index (χ1n) is 10.1. The van der Waals surface area contributed by atoms with Crippen LogP contribution in [0.25, 0.3) is 10.9 Å². The standard InChI is InChI=1S/C25H23BrN2O3/c1-29-21-11-15(12-22(30-2)25(21)31-3)23-24-18(10-14-6-4-5-7-19(14)27-23)17-13-16(26)8-9-20(17)28-24/h4-9,11-13,23,27-28H,10H2,1-3H3. The number of H-pyrrole nitrogens is 1. The minimum absolute atomic E-state index is 0.112. The molecule has 5 rings (SSSR count). The molecule has 1 aliphatic rings. The zero-order chi connectivity index (χ0) is 21.5. The third-order valence-corrected chi connectivity index (χ3v) is 6.39. The van der Waals surface area contributed by atoms with Crippen LogP contribution in [0.1, 0.15) is 28.4 Å². The van der Waals surface area contributed by atoms with Gasteiger partial charge in [0.25, 0.3) is 0 Å². The normalized spacial score (nSPS) is 14.9. The fourth-order valence-corrected chi connectivity index (χ4v) is 4.79. The summed E-state index contributed by atoms with van der Waals surface area (Å²) in [6.45, 7) is 0. The van der Waals surface area contributed by atoms with Crippen LogP contribution in [0.2, 0.25) is 0 Å². The third-order valence-electron chi connectivity index (χ3n) is 5.89. The lowest BCUT2D eigenvalue weighted by Gasteiger charge is -2.22. The van der Waals surface area contributed by atoms with Gasteiger partial charge >= 0.3 is 0 Å². The SMILES string of the molecule is COc1cc(C2Nc3ccccc3Cc3c2[nH]c2ccc(Br)cc32)cc(OC)c1OC. The molecule has 6 heteroatoms. The maximum atomic E-state index is 5.62. The van der Waals surface area contributed by atoms with Gasteiger partial charge in [-0.3, -0.25) is 0 Å². The van der Waals surface area contributed by atoms with Gasteiger partial charge in [0.1, 0.15) is 0 Å². The molecule has 0 radical (unpaired) electrons. The second kappa shape index (κ2) is 7.85. The van der Waals surface area contributed by atoms with Gasteiger partial charge < -0.3 is 24.5 Å². The Hall–Kier alpha value is -3.12. The fraction of sp³-hybridized carbons (Fsp3) is 0.200. The van der Waals surface area contributed by atoms with E-state index in [1.165, 1.54) is 16.5 Å². The molecule has 1 aliphatic heterocycles. The van der Waals surface area contributed by atoms with Gasteiger partial charge in [-0.15, -0.1) is 0 Å². The van der Waals surface area contributed by atoms with Crippen molar-refractivity contribution < 1.29 is 14.2 Å². The first kappa shape index (κ1) is 19.8. The van der Waals surface area contributed by atoms with Crippen molar-refractivity contribution in [2.75, 3.05) is 26.6 Å². The number of ether oxygens (including phenoxy) is 3. The minimum atomic E-state index is -0.112. The predicted octanol–water partition coefficient (Wildman–Crippen LogP) is 6.06. The molecule has 2 N–H and O–H groups in total. The van der Waals surface area contributed by atoms with E-state index in [9.17, 15) is 0 Å². The van der Waals surface area contributed by atoms with Gasteiger partial charge in [0.2, 0.25) is 5.75 Å². The van der Waals surface area contributed by atoms with Gasteiger partial charge in [0, 0.05) is 33.2 Å². The molecule has 0 saturated heterocycles. The number of nitrogens with one attached hydrogen (secondary N) is 2. The number of anilines is 1. The van der Waals surface area contributed by atoms with Crippen LogP contribution in [0.15, 0.2) is 59.1 Å². The highest BCUT2D eigenvalue weighted by atomic mass is 79.9. The summed E-state index contributed by atoms with van der Waals surface area (Å²) in [5, 5.41) is 4.98. The summed E-state index contributed by atoms with van der Waals surface area (Å²) in [5.74, 6) is 1.86. The van der Waals surface area contributed by atoms with Gasteiger partial charge in [-0.05, 0) is 53.1 Å². The average molecular weight is 479 g/mol. The molecule has 0 saturated carbocycles. The first-order valence-corrected chi connectivity index (χ1v) is 10.9. The van der Waals surface area contributed by atoms with Crippen molar-refractivity contribution in [2.45, 2.75) is 12.5 Å². The Morgan fingerprint density at radius 3 is 2.35 bits per heavy atom. The molecule has 1 aromatic heterocycles. The second-order valence-corrected chi connectivity index (χ2v) is 8.49. The van der Waals surface area contributed by atoms with Crippen LogP contribution in [0.5, 0.6) is 17.2 Å². The molecule has 0 amide bonds. The minimum Gasteiger partial charge on any atom is -0.493 e. The van der Waals surface area contributed by atoms with Crippen LogP contribution in [0.3, 0.4) is 0 Å². The molecule has 1 unspecified atom stereocenters. The van der Waals surface area contributed by atoms with E-state index in [0.29, 0.717) is 17.2 Å². The quantitative estimate of drug-likeness (QED) is 0.374. The number of hydrogen-bond donors (Lipinski definition) is 2. The molecule has 158 valence electrons. The van der Waals surface area contributed by atoms with E-state index in [0.717, 1.165) is 33.4 Å². The van der Waals surface area contributed by atoms with Crippen molar-refractivity contribution in [1.29, 1.82) is 0 Å². The highest BCUT2D eigenvalue weighted by molar-refractivity contribution is 9.10. The number of methoxy groups -OCH3 is 3.